The molecule has 112 valence electrons. The summed E-state index contributed by atoms with van der Waals surface area (Å²) in [7, 11) is 3.55. The van der Waals surface area contributed by atoms with Crippen LogP contribution in [0.5, 0.6) is 0 Å². The standard InChI is InChI=1S/C14H22FN3O2/c1-10(9-20-3)18(2)7-6-14(19)17-13-8-11(16)4-5-12(13)15/h4-5,8,10H,6-7,9,16H2,1-3H3,(H,17,19). The van der Waals surface area contributed by atoms with Gasteiger partial charge in [0.05, 0.1) is 12.3 Å². The SMILES string of the molecule is COCC(C)N(C)CCC(=O)Nc1cc(N)ccc1F. The molecule has 0 fully saturated rings. The van der Waals surface area contributed by atoms with Gasteiger partial charge in [0.2, 0.25) is 5.91 Å². The Kier molecular flexibility index (Phi) is 6.41. The minimum absolute atomic E-state index is 0.114. The molecule has 0 spiro atoms. The molecule has 0 saturated heterocycles. The lowest BCUT2D eigenvalue weighted by Crippen LogP contribution is -2.35. The summed E-state index contributed by atoms with van der Waals surface area (Å²) in [5, 5.41) is 2.53. The lowest BCUT2D eigenvalue weighted by Gasteiger charge is -2.23. The zero-order valence-electron chi connectivity index (χ0n) is 12.1. The molecule has 6 heteroatoms. The van der Waals surface area contributed by atoms with Gasteiger partial charge in [0, 0.05) is 31.8 Å². The van der Waals surface area contributed by atoms with E-state index in [1.165, 1.54) is 18.2 Å². The van der Waals surface area contributed by atoms with Gasteiger partial charge < -0.3 is 20.7 Å². The summed E-state index contributed by atoms with van der Waals surface area (Å²) < 4.78 is 18.5. The number of carbonyl (C=O) groups is 1. The Morgan fingerprint density at radius 2 is 2.25 bits per heavy atom. The number of methoxy groups -OCH3 is 1. The van der Waals surface area contributed by atoms with Crippen molar-refractivity contribution in [2.45, 2.75) is 19.4 Å². The minimum atomic E-state index is -0.492. The third-order valence-corrected chi connectivity index (χ3v) is 3.12. The number of rotatable bonds is 7. The molecule has 20 heavy (non-hydrogen) atoms. The van der Waals surface area contributed by atoms with E-state index < -0.39 is 5.82 Å². The molecule has 0 aliphatic heterocycles. The van der Waals surface area contributed by atoms with Crippen molar-refractivity contribution in [1.29, 1.82) is 0 Å². The van der Waals surface area contributed by atoms with Gasteiger partial charge in [-0.05, 0) is 32.2 Å². The predicted octanol–water partition coefficient (Wildman–Crippen LogP) is 1.70. The van der Waals surface area contributed by atoms with Crippen LogP contribution in [-0.2, 0) is 9.53 Å². The smallest absolute Gasteiger partial charge is 0.225 e. The first-order valence-electron chi connectivity index (χ1n) is 6.48. The Hall–Kier alpha value is -1.66. The molecule has 3 N–H and O–H groups in total. The summed E-state index contributed by atoms with van der Waals surface area (Å²) in [6.45, 7) is 3.18. The molecule has 0 aliphatic rings. The molecule has 1 amide bonds. The van der Waals surface area contributed by atoms with E-state index in [1.54, 1.807) is 7.11 Å². The molecule has 0 aromatic heterocycles. The fraction of sp³-hybridized carbons (Fsp3) is 0.500. The molecule has 0 bridgehead atoms. The maximum absolute atomic E-state index is 13.5. The van der Waals surface area contributed by atoms with E-state index in [-0.39, 0.29) is 24.1 Å². The number of nitrogens with two attached hydrogens (primary N) is 1. The quantitative estimate of drug-likeness (QED) is 0.747. The molecule has 1 aromatic carbocycles. The van der Waals surface area contributed by atoms with Gasteiger partial charge in [-0.1, -0.05) is 0 Å². The number of carbonyl (C=O) groups excluding carboxylic acids is 1. The van der Waals surface area contributed by atoms with Crippen molar-refractivity contribution < 1.29 is 13.9 Å². The topological polar surface area (TPSA) is 67.6 Å². The van der Waals surface area contributed by atoms with Crippen molar-refractivity contribution in [2.24, 2.45) is 0 Å². The highest BCUT2D eigenvalue weighted by Crippen LogP contribution is 2.17. The Morgan fingerprint density at radius 1 is 1.55 bits per heavy atom. The van der Waals surface area contributed by atoms with Crippen LogP contribution < -0.4 is 11.1 Å². The number of ether oxygens (including phenoxy) is 1. The average Bonchev–Trinajstić information content (AvgIpc) is 2.40. The number of nitrogen functional groups attached to an aromatic ring is 1. The number of halogens is 1. The van der Waals surface area contributed by atoms with E-state index in [0.29, 0.717) is 18.8 Å². The fourth-order valence-corrected chi connectivity index (χ4v) is 1.72. The number of hydrogen-bond acceptors (Lipinski definition) is 4. The summed E-state index contributed by atoms with van der Waals surface area (Å²) >= 11 is 0. The second kappa shape index (κ2) is 7.81. The number of nitrogens with one attached hydrogen (secondary N) is 1. The third kappa shape index (κ3) is 5.14. The maximum Gasteiger partial charge on any atom is 0.225 e. The van der Waals surface area contributed by atoms with Crippen LogP contribution in [0.15, 0.2) is 18.2 Å². The van der Waals surface area contributed by atoms with Crippen molar-refractivity contribution in [3.05, 3.63) is 24.0 Å². The highest BCUT2D eigenvalue weighted by Gasteiger charge is 2.12. The Labute approximate surface area is 118 Å². The molecule has 1 unspecified atom stereocenters. The van der Waals surface area contributed by atoms with E-state index in [9.17, 15) is 9.18 Å². The first kappa shape index (κ1) is 16.4. The molecule has 1 atom stereocenters. The zero-order chi connectivity index (χ0) is 15.1. The summed E-state index contributed by atoms with van der Waals surface area (Å²) in [5.41, 5.74) is 6.08. The molecule has 0 radical (unpaired) electrons. The van der Waals surface area contributed by atoms with Gasteiger partial charge in [0.1, 0.15) is 5.82 Å². The van der Waals surface area contributed by atoms with Crippen LogP contribution in [0.25, 0.3) is 0 Å². The van der Waals surface area contributed by atoms with Crippen LogP contribution in [0.4, 0.5) is 15.8 Å². The second-order valence-corrected chi connectivity index (χ2v) is 4.82. The number of benzene rings is 1. The van der Waals surface area contributed by atoms with Crippen LogP contribution in [0.3, 0.4) is 0 Å². The van der Waals surface area contributed by atoms with Crippen LogP contribution in [-0.4, -0.2) is 44.2 Å². The fourth-order valence-electron chi connectivity index (χ4n) is 1.72. The number of hydrogen-bond donors (Lipinski definition) is 2. The lowest BCUT2D eigenvalue weighted by molar-refractivity contribution is -0.116. The van der Waals surface area contributed by atoms with Gasteiger partial charge in [-0.25, -0.2) is 4.39 Å². The normalized spacial score (nSPS) is 12.4. The average molecular weight is 283 g/mol. The van der Waals surface area contributed by atoms with Gasteiger partial charge in [0.25, 0.3) is 0 Å². The highest BCUT2D eigenvalue weighted by molar-refractivity contribution is 5.91. The molecule has 1 aromatic rings. The van der Waals surface area contributed by atoms with E-state index >= 15 is 0 Å². The number of amides is 1. The maximum atomic E-state index is 13.5. The van der Waals surface area contributed by atoms with Gasteiger partial charge in [-0.3, -0.25) is 4.79 Å². The molecule has 0 saturated carbocycles. The predicted molar refractivity (Wildman–Crippen MR) is 78.0 cm³/mol. The van der Waals surface area contributed by atoms with Crippen molar-refractivity contribution in [2.75, 3.05) is 38.4 Å². The van der Waals surface area contributed by atoms with E-state index in [0.717, 1.165) is 0 Å². The largest absolute Gasteiger partial charge is 0.399 e. The van der Waals surface area contributed by atoms with Crippen molar-refractivity contribution in [3.63, 3.8) is 0 Å². The lowest BCUT2D eigenvalue weighted by atomic mass is 10.2. The Morgan fingerprint density at radius 3 is 2.90 bits per heavy atom. The van der Waals surface area contributed by atoms with E-state index in [2.05, 4.69) is 5.32 Å². The third-order valence-electron chi connectivity index (χ3n) is 3.12. The minimum Gasteiger partial charge on any atom is -0.399 e. The van der Waals surface area contributed by atoms with Crippen LogP contribution in [0.1, 0.15) is 13.3 Å². The van der Waals surface area contributed by atoms with E-state index in [4.69, 9.17) is 10.5 Å². The molecular formula is C14H22FN3O2. The van der Waals surface area contributed by atoms with Crippen molar-refractivity contribution in [3.8, 4) is 0 Å². The first-order chi connectivity index (χ1) is 9.43. The summed E-state index contributed by atoms with van der Waals surface area (Å²) in [5.74, 6) is -0.736. The van der Waals surface area contributed by atoms with Gasteiger partial charge in [0.15, 0.2) is 0 Å². The highest BCUT2D eigenvalue weighted by atomic mass is 19.1. The second-order valence-electron chi connectivity index (χ2n) is 4.82. The van der Waals surface area contributed by atoms with Gasteiger partial charge >= 0.3 is 0 Å². The number of anilines is 2. The number of likely N-dealkylation sites (N-methyl/N-ethyl adjacent to an activating group) is 1. The summed E-state index contributed by atoms with van der Waals surface area (Å²) in [4.78, 5) is 13.8. The van der Waals surface area contributed by atoms with Crippen molar-refractivity contribution >= 4 is 17.3 Å². The first-order valence-corrected chi connectivity index (χ1v) is 6.48. The van der Waals surface area contributed by atoms with Gasteiger partial charge in [-0.15, -0.1) is 0 Å². The van der Waals surface area contributed by atoms with Crippen LogP contribution in [0.2, 0.25) is 0 Å². The van der Waals surface area contributed by atoms with Gasteiger partial charge in [-0.2, -0.15) is 0 Å². The Balaban J connectivity index is 2.46. The molecule has 0 aliphatic carbocycles. The Bertz CT molecular complexity index is 454. The monoisotopic (exact) mass is 283 g/mol. The van der Waals surface area contributed by atoms with Crippen LogP contribution in [0, 0.1) is 5.82 Å². The van der Waals surface area contributed by atoms with Crippen LogP contribution >= 0.6 is 0 Å². The zero-order valence-corrected chi connectivity index (χ0v) is 12.1. The summed E-state index contributed by atoms with van der Waals surface area (Å²) in [6.07, 6.45) is 0.277. The van der Waals surface area contributed by atoms with E-state index in [1.807, 2.05) is 18.9 Å². The van der Waals surface area contributed by atoms with Crippen molar-refractivity contribution in [1.82, 2.24) is 4.90 Å². The summed E-state index contributed by atoms with van der Waals surface area (Å²) in [6, 6.07) is 4.31. The molecule has 0 heterocycles. The number of nitrogens with zero attached hydrogens (tertiary/aromatic N) is 1. The molecular weight excluding hydrogens is 261 g/mol. The molecule has 1 rings (SSSR count). The molecule has 5 nitrogen and oxygen atoms in total.